The van der Waals surface area contributed by atoms with Crippen LogP contribution < -0.4 is 0 Å². The van der Waals surface area contributed by atoms with Gasteiger partial charge >= 0.3 is 0 Å². The van der Waals surface area contributed by atoms with Crippen LogP contribution in [0.3, 0.4) is 0 Å². The van der Waals surface area contributed by atoms with Crippen LogP contribution in [0.15, 0.2) is 18.2 Å². The monoisotopic (exact) mass is 342 g/mol. The number of aryl methyl sites for hydroxylation is 1. The Hall–Kier alpha value is -1.47. The lowest BCUT2D eigenvalue weighted by atomic mass is 10.0. The molecule has 0 atom stereocenters. The highest BCUT2D eigenvalue weighted by molar-refractivity contribution is 7.88. The van der Waals surface area contributed by atoms with Gasteiger partial charge in [0.1, 0.15) is 5.82 Å². The first kappa shape index (κ1) is 17.9. The summed E-state index contributed by atoms with van der Waals surface area (Å²) in [5, 5.41) is 0. The summed E-state index contributed by atoms with van der Waals surface area (Å²) in [4.78, 5) is 14.1. The molecule has 0 unspecified atom stereocenters. The average molecular weight is 342 g/mol. The number of rotatable bonds is 4. The summed E-state index contributed by atoms with van der Waals surface area (Å²) in [6.45, 7) is 4.91. The van der Waals surface area contributed by atoms with E-state index in [1.807, 2.05) is 6.92 Å². The van der Waals surface area contributed by atoms with Crippen LogP contribution in [0.25, 0.3) is 0 Å². The SMILES string of the molecule is CCN(C1CCN(C(=O)c2cc(C)ccc2F)CC1)S(C)(=O)=O. The Morgan fingerprint density at radius 1 is 1.35 bits per heavy atom. The number of piperidine rings is 1. The first-order chi connectivity index (χ1) is 10.7. The van der Waals surface area contributed by atoms with Gasteiger partial charge in [0.15, 0.2) is 0 Å². The highest BCUT2D eigenvalue weighted by Crippen LogP contribution is 2.21. The lowest BCUT2D eigenvalue weighted by molar-refractivity contribution is 0.0676. The van der Waals surface area contributed by atoms with Gasteiger partial charge in [0, 0.05) is 25.7 Å². The van der Waals surface area contributed by atoms with E-state index in [4.69, 9.17) is 0 Å². The number of halogens is 1. The quantitative estimate of drug-likeness (QED) is 0.841. The van der Waals surface area contributed by atoms with E-state index in [1.54, 1.807) is 24.0 Å². The summed E-state index contributed by atoms with van der Waals surface area (Å²) in [7, 11) is -3.25. The summed E-state index contributed by atoms with van der Waals surface area (Å²) in [6, 6.07) is 4.39. The molecule has 7 heteroatoms. The molecule has 0 aliphatic carbocycles. The first-order valence-electron chi connectivity index (χ1n) is 7.76. The van der Waals surface area contributed by atoms with Gasteiger partial charge in [0.2, 0.25) is 10.0 Å². The minimum Gasteiger partial charge on any atom is -0.338 e. The lowest BCUT2D eigenvalue weighted by Crippen LogP contribution is -2.48. The van der Waals surface area contributed by atoms with E-state index in [0.717, 1.165) is 5.56 Å². The fourth-order valence-corrected chi connectivity index (χ4v) is 4.32. The van der Waals surface area contributed by atoms with Crippen LogP contribution in [-0.4, -0.2) is 55.5 Å². The maximum Gasteiger partial charge on any atom is 0.256 e. The number of amides is 1. The molecule has 1 amide bonds. The van der Waals surface area contributed by atoms with Crippen LogP contribution in [0.4, 0.5) is 4.39 Å². The average Bonchev–Trinajstić information content (AvgIpc) is 2.49. The fourth-order valence-electron chi connectivity index (χ4n) is 3.09. The van der Waals surface area contributed by atoms with Crippen molar-refractivity contribution in [2.24, 2.45) is 0 Å². The molecule has 128 valence electrons. The molecule has 1 aromatic rings. The molecule has 1 saturated heterocycles. The summed E-state index contributed by atoms with van der Waals surface area (Å²) >= 11 is 0. The molecule has 1 aliphatic rings. The molecule has 5 nitrogen and oxygen atoms in total. The summed E-state index contributed by atoms with van der Waals surface area (Å²) in [5.74, 6) is -0.846. The molecule has 1 heterocycles. The highest BCUT2D eigenvalue weighted by atomic mass is 32.2. The van der Waals surface area contributed by atoms with Crippen molar-refractivity contribution in [1.29, 1.82) is 0 Å². The smallest absolute Gasteiger partial charge is 0.256 e. The maximum absolute atomic E-state index is 13.9. The summed E-state index contributed by atoms with van der Waals surface area (Å²) < 4.78 is 38.9. The van der Waals surface area contributed by atoms with Gasteiger partial charge in [0.25, 0.3) is 5.91 Å². The Morgan fingerprint density at radius 2 is 1.96 bits per heavy atom. The molecule has 2 rings (SSSR count). The number of hydrogen-bond donors (Lipinski definition) is 0. The number of hydrogen-bond acceptors (Lipinski definition) is 3. The maximum atomic E-state index is 13.9. The third-order valence-corrected chi connectivity index (χ3v) is 5.66. The second-order valence-electron chi connectivity index (χ2n) is 5.97. The van der Waals surface area contributed by atoms with Crippen LogP contribution in [0.2, 0.25) is 0 Å². The van der Waals surface area contributed by atoms with E-state index in [2.05, 4.69) is 0 Å². The van der Waals surface area contributed by atoms with E-state index in [0.29, 0.717) is 32.5 Å². The summed E-state index contributed by atoms with van der Waals surface area (Å²) in [5.41, 5.74) is 0.915. The normalized spacial score (nSPS) is 16.8. The number of carbonyl (C=O) groups excluding carboxylic acids is 1. The minimum atomic E-state index is -3.25. The van der Waals surface area contributed by atoms with Gasteiger partial charge in [-0.3, -0.25) is 4.79 Å². The van der Waals surface area contributed by atoms with Gasteiger partial charge in [-0.1, -0.05) is 18.6 Å². The molecule has 1 fully saturated rings. The second kappa shape index (κ2) is 6.97. The fraction of sp³-hybridized carbons (Fsp3) is 0.562. The Balaban J connectivity index is 2.07. The topological polar surface area (TPSA) is 57.7 Å². The predicted octanol–water partition coefficient (Wildman–Crippen LogP) is 2.02. The van der Waals surface area contributed by atoms with Gasteiger partial charge in [0.05, 0.1) is 11.8 Å². The Labute approximate surface area is 137 Å². The molecule has 1 aliphatic heterocycles. The highest BCUT2D eigenvalue weighted by Gasteiger charge is 2.31. The molecule has 0 aromatic heterocycles. The van der Waals surface area contributed by atoms with E-state index in [1.165, 1.54) is 16.6 Å². The predicted molar refractivity (Wildman–Crippen MR) is 87.3 cm³/mol. The van der Waals surface area contributed by atoms with E-state index >= 15 is 0 Å². The van der Waals surface area contributed by atoms with E-state index in [-0.39, 0.29) is 17.5 Å². The van der Waals surface area contributed by atoms with Gasteiger partial charge in [-0.25, -0.2) is 12.8 Å². The lowest BCUT2D eigenvalue weighted by Gasteiger charge is -2.37. The largest absolute Gasteiger partial charge is 0.338 e. The number of carbonyl (C=O) groups is 1. The van der Waals surface area contributed by atoms with E-state index < -0.39 is 15.8 Å². The van der Waals surface area contributed by atoms with Crippen LogP contribution in [0.1, 0.15) is 35.7 Å². The van der Waals surface area contributed by atoms with Crippen LogP contribution in [0.5, 0.6) is 0 Å². The zero-order chi connectivity index (χ0) is 17.2. The summed E-state index contributed by atoms with van der Waals surface area (Å²) in [6.07, 6.45) is 2.34. The van der Waals surface area contributed by atoms with Gasteiger partial charge in [-0.15, -0.1) is 0 Å². The Kier molecular flexibility index (Phi) is 5.41. The van der Waals surface area contributed by atoms with Crippen molar-refractivity contribution in [3.63, 3.8) is 0 Å². The van der Waals surface area contributed by atoms with Gasteiger partial charge in [-0.05, 0) is 31.9 Å². The zero-order valence-electron chi connectivity index (χ0n) is 13.8. The van der Waals surface area contributed by atoms with E-state index in [9.17, 15) is 17.6 Å². The third-order valence-electron chi connectivity index (χ3n) is 4.25. The van der Waals surface area contributed by atoms with Crippen molar-refractivity contribution in [3.8, 4) is 0 Å². The van der Waals surface area contributed by atoms with Crippen molar-refractivity contribution in [2.45, 2.75) is 32.7 Å². The van der Waals surface area contributed by atoms with Crippen LogP contribution in [-0.2, 0) is 10.0 Å². The van der Waals surface area contributed by atoms with Crippen LogP contribution in [0, 0.1) is 12.7 Å². The minimum absolute atomic E-state index is 0.0823. The molecule has 23 heavy (non-hydrogen) atoms. The van der Waals surface area contributed by atoms with Crippen molar-refractivity contribution >= 4 is 15.9 Å². The molecule has 0 N–H and O–H groups in total. The molecular weight excluding hydrogens is 319 g/mol. The number of sulfonamides is 1. The van der Waals surface area contributed by atoms with Crippen molar-refractivity contribution < 1.29 is 17.6 Å². The Bertz CT molecular complexity index is 683. The van der Waals surface area contributed by atoms with Gasteiger partial charge in [-0.2, -0.15) is 4.31 Å². The number of benzene rings is 1. The number of likely N-dealkylation sites (tertiary alicyclic amines) is 1. The second-order valence-corrected chi connectivity index (χ2v) is 7.91. The van der Waals surface area contributed by atoms with Crippen molar-refractivity contribution in [3.05, 3.63) is 35.1 Å². The molecular formula is C16H23FN2O3S. The van der Waals surface area contributed by atoms with Gasteiger partial charge < -0.3 is 4.90 Å². The van der Waals surface area contributed by atoms with Crippen molar-refractivity contribution in [2.75, 3.05) is 25.9 Å². The molecule has 0 bridgehead atoms. The zero-order valence-corrected chi connectivity index (χ0v) is 14.6. The molecule has 0 saturated carbocycles. The third kappa shape index (κ3) is 4.09. The molecule has 1 aromatic carbocycles. The van der Waals surface area contributed by atoms with Crippen LogP contribution >= 0.6 is 0 Å². The first-order valence-corrected chi connectivity index (χ1v) is 9.61. The Morgan fingerprint density at radius 3 is 2.48 bits per heavy atom. The standard InChI is InChI=1S/C16H23FN2O3S/c1-4-19(23(3,21)22)13-7-9-18(10-8-13)16(20)14-11-12(2)5-6-15(14)17/h5-6,11,13H,4,7-10H2,1-3H3. The number of nitrogens with zero attached hydrogens (tertiary/aromatic N) is 2. The molecule has 0 spiro atoms. The molecule has 0 radical (unpaired) electrons. The van der Waals surface area contributed by atoms with Crippen molar-refractivity contribution in [1.82, 2.24) is 9.21 Å².